The number of ketones is 1. The van der Waals surface area contributed by atoms with E-state index in [1.165, 1.54) is 0 Å². The maximum atomic E-state index is 12.7. The Labute approximate surface area is 141 Å². The topological polar surface area (TPSA) is 68.3 Å². The molecule has 0 radical (unpaired) electrons. The number of hydrogen-bond acceptors (Lipinski definition) is 5. The highest BCUT2D eigenvalue weighted by molar-refractivity contribution is 6.03. The van der Waals surface area contributed by atoms with Crippen LogP contribution in [-0.2, 0) is 14.3 Å². The van der Waals surface area contributed by atoms with E-state index in [4.69, 9.17) is 4.74 Å². The van der Waals surface area contributed by atoms with E-state index in [2.05, 4.69) is 10.3 Å². The molecule has 1 aromatic heterocycles. The highest BCUT2D eigenvalue weighted by Gasteiger charge is 2.39. The molecule has 0 fully saturated rings. The second-order valence-corrected chi connectivity index (χ2v) is 5.97. The number of pyridine rings is 1. The third-order valence-electron chi connectivity index (χ3n) is 4.55. The molecule has 0 unspecified atom stereocenters. The monoisotopic (exact) mass is 326 g/mol. The molecular formula is C19H22N2O3. The Morgan fingerprint density at radius 2 is 2.04 bits per heavy atom. The van der Waals surface area contributed by atoms with Crippen molar-refractivity contribution in [3.05, 3.63) is 52.6 Å². The number of Topliss-reactive ketones (excluding diaryl/α,β-unsaturated/α-hetero) is 1. The van der Waals surface area contributed by atoms with Crippen LogP contribution < -0.4 is 5.32 Å². The third kappa shape index (κ3) is 2.86. The van der Waals surface area contributed by atoms with Crippen LogP contribution in [0.4, 0.5) is 0 Å². The number of nitrogens with zero attached hydrogens (tertiary/aromatic N) is 1. The van der Waals surface area contributed by atoms with E-state index in [9.17, 15) is 9.59 Å². The molecule has 1 aliphatic heterocycles. The van der Waals surface area contributed by atoms with Crippen LogP contribution in [0, 0.1) is 0 Å². The lowest BCUT2D eigenvalue weighted by Crippen LogP contribution is -2.35. The minimum Gasteiger partial charge on any atom is -0.463 e. The van der Waals surface area contributed by atoms with Gasteiger partial charge in [-0.15, -0.1) is 0 Å². The van der Waals surface area contributed by atoms with Gasteiger partial charge in [-0.2, -0.15) is 0 Å². The zero-order valence-electron chi connectivity index (χ0n) is 14.1. The summed E-state index contributed by atoms with van der Waals surface area (Å²) in [6.45, 7) is 4.10. The quantitative estimate of drug-likeness (QED) is 0.862. The van der Waals surface area contributed by atoms with E-state index >= 15 is 0 Å². The molecule has 0 bridgehead atoms. The maximum Gasteiger partial charge on any atom is 0.336 e. The van der Waals surface area contributed by atoms with Crippen molar-refractivity contribution < 1.29 is 14.3 Å². The standard InChI is InChI=1S/C19H22N2O3/c1-3-13-18(19(23)24-4-2)16(12-8-10-20-11-9-12)17-14(21-13)6-5-7-15(17)22/h8-11,16,21H,3-7H2,1-2H3/t16-/m0/s1. The molecule has 3 rings (SSSR count). The van der Waals surface area contributed by atoms with Gasteiger partial charge in [0.1, 0.15) is 0 Å². The Hall–Kier alpha value is -2.43. The number of aromatic nitrogens is 1. The largest absolute Gasteiger partial charge is 0.463 e. The van der Waals surface area contributed by atoms with Crippen molar-refractivity contribution in [1.82, 2.24) is 10.3 Å². The minimum absolute atomic E-state index is 0.113. The van der Waals surface area contributed by atoms with Gasteiger partial charge in [0.05, 0.1) is 12.2 Å². The number of rotatable bonds is 4. The maximum absolute atomic E-state index is 12.7. The molecule has 5 nitrogen and oxygen atoms in total. The molecule has 2 heterocycles. The van der Waals surface area contributed by atoms with Crippen LogP contribution in [0.25, 0.3) is 0 Å². The Balaban J connectivity index is 2.17. The molecule has 0 saturated heterocycles. The molecule has 5 heteroatoms. The molecule has 1 aromatic rings. The molecule has 2 aliphatic rings. The van der Waals surface area contributed by atoms with Crippen LogP contribution in [0.15, 0.2) is 47.1 Å². The van der Waals surface area contributed by atoms with Gasteiger partial charge in [0, 0.05) is 41.7 Å². The fourth-order valence-corrected chi connectivity index (χ4v) is 3.51. The van der Waals surface area contributed by atoms with Crippen LogP contribution in [-0.4, -0.2) is 23.3 Å². The number of allylic oxidation sites excluding steroid dienone is 3. The Bertz CT molecular complexity index is 719. The number of carbonyl (C=O) groups excluding carboxylic acids is 2. The predicted molar refractivity (Wildman–Crippen MR) is 89.9 cm³/mol. The van der Waals surface area contributed by atoms with Gasteiger partial charge in [0.15, 0.2) is 5.78 Å². The minimum atomic E-state index is -0.369. The molecule has 0 saturated carbocycles. The average molecular weight is 326 g/mol. The van der Waals surface area contributed by atoms with Crippen LogP contribution in [0.1, 0.15) is 51.0 Å². The number of carbonyl (C=O) groups is 2. The number of hydrogen-bond donors (Lipinski definition) is 1. The van der Waals surface area contributed by atoms with Gasteiger partial charge >= 0.3 is 5.97 Å². The van der Waals surface area contributed by atoms with E-state index in [0.717, 1.165) is 29.8 Å². The van der Waals surface area contributed by atoms with Crippen LogP contribution >= 0.6 is 0 Å². The van der Waals surface area contributed by atoms with E-state index in [1.807, 2.05) is 19.1 Å². The van der Waals surface area contributed by atoms with E-state index < -0.39 is 0 Å². The summed E-state index contributed by atoms with van der Waals surface area (Å²) in [6, 6.07) is 3.74. The predicted octanol–water partition coefficient (Wildman–Crippen LogP) is 3.00. The van der Waals surface area contributed by atoms with Crippen molar-refractivity contribution in [3.63, 3.8) is 0 Å². The van der Waals surface area contributed by atoms with Gasteiger partial charge in [0.25, 0.3) is 0 Å². The lowest BCUT2D eigenvalue weighted by atomic mass is 9.75. The molecule has 24 heavy (non-hydrogen) atoms. The fourth-order valence-electron chi connectivity index (χ4n) is 3.51. The number of nitrogens with one attached hydrogen (secondary N) is 1. The first-order chi connectivity index (χ1) is 11.7. The van der Waals surface area contributed by atoms with E-state index in [0.29, 0.717) is 30.6 Å². The lowest BCUT2D eigenvalue weighted by molar-refractivity contribution is -0.138. The van der Waals surface area contributed by atoms with Crippen molar-refractivity contribution >= 4 is 11.8 Å². The zero-order valence-corrected chi connectivity index (χ0v) is 14.1. The van der Waals surface area contributed by atoms with Crippen molar-refractivity contribution in [3.8, 4) is 0 Å². The van der Waals surface area contributed by atoms with Crippen LogP contribution in [0.3, 0.4) is 0 Å². The second-order valence-electron chi connectivity index (χ2n) is 5.97. The molecule has 1 atom stereocenters. The summed E-state index contributed by atoms with van der Waals surface area (Å²) in [5.41, 5.74) is 3.98. The van der Waals surface area contributed by atoms with Crippen molar-refractivity contribution in [2.45, 2.75) is 45.4 Å². The van der Waals surface area contributed by atoms with Crippen molar-refractivity contribution in [2.75, 3.05) is 6.61 Å². The normalized spacial score (nSPS) is 20.6. The van der Waals surface area contributed by atoms with E-state index in [-0.39, 0.29) is 17.7 Å². The molecule has 1 aliphatic carbocycles. The summed E-state index contributed by atoms with van der Waals surface area (Å²) in [6.07, 6.45) is 6.28. The van der Waals surface area contributed by atoms with Gasteiger partial charge in [0.2, 0.25) is 0 Å². The van der Waals surface area contributed by atoms with Crippen molar-refractivity contribution in [2.24, 2.45) is 0 Å². The Morgan fingerprint density at radius 3 is 2.71 bits per heavy atom. The van der Waals surface area contributed by atoms with Gasteiger partial charge in [-0.05, 0) is 43.9 Å². The second kappa shape index (κ2) is 6.99. The highest BCUT2D eigenvalue weighted by atomic mass is 16.5. The molecular weight excluding hydrogens is 304 g/mol. The summed E-state index contributed by atoms with van der Waals surface area (Å²) in [5, 5.41) is 3.35. The third-order valence-corrected chi connectivity index (χ3v) is 4.55. The Morgan fingerprint density at radius 1 is 1.29 bits per heavy atom. The number of dihydropyridines is 1. The van der Waals surface area contributed by atoms with Gasteiger partial charge in [-0.3, -0.25) is 9.78 Å². The van der Waals surface area contributed by atoms with Gasteiger partial charge < -0.3 is 10.1 Å². The summed E-state index contributed by atoms with van der Waals surface area (Å²) in [4.78, 5) is 29.4. The first kappa shape index (κ1) is 16.4. The first-order valence-corrected chi connectivity index (χ1v) is 8.50. The fraction of sp³-hybridized carbons (Fsp3) is 0.421. The molecule has 0 aromatic carbocycles. The molecule has 0 amide bonds. The summed E-state index contributed by atoms with van der Waals surface area (Å²) in [7, 11) is 0. The highest BCUT2D eigenvalue weighted by Crippen LogP contribution is 2.42. The van der Waals surface area contributed by atoms with E-state index in [1.54, 1.807) is 19.3 Å². The molecule has 0 spiro atoms. The summed E-state index contributed by atoms with van der Waals surface area (Å²) in [5.74, 6) is -0.609. The Kier molecular flexibility index (Phi) is 4.79. The van der Waals surface area contributed by atoms with Crippen LogP contribution in [0.2, 0.25) is 0 Å². The van der Waals surface area contributed by atoms with Gasteiger partial charge in [-0.25, -0.2) is 4.79 Å². The first-order valence-electron chi connectivity index (χ1n) is 8.50. The molecule has 126 valence electrons. The zero-order chi connectivity index (χ0) is 17.1. The average Bonchev–Trinajstić information content (AvgIpc) is 2.61. The number of ether oxygens (including phenoxy) is 1. The van der Waals surface area contributed by atoms with Crippen LogP contribution in [0.5, 0.6) is 0 Å². The molecule has 1 N–H and O–H groups in total. The van der Waals surface area contributed by atoms with Gasteiger partial charge in [-0.1, -0.05) is 6.92 Å². The lowest BCUT2D eigenvalue weighted by Gasteiger charge is -2.34. The SMILES string of the molecule is CCOC(=O)C1=C(CC)NC2=C(C(=O)CCC2)[C@@H]1c1ccncc1. The smallest absolute Gasteiger partial charge is 0.336 e. The summed E-state index contributed by atoms with van der Waals surface area (Å²) < 4.78 is 5.29. The number of esters is 1. The van der Waals surface area contributed by atoms with Crippen molar-refractivity contribution in [1.29, 1.82) is 0 Å². The summed E-state index contributed by atoms with van der Waals surface area (Å²) >= 11 is 0.